The summed E-state index contributed by atoms with van der Waals surface area (Å²) in [5.41, 5.74) is 7.48. The largest absolute Gasteiger partial charge is 0.441 e. The summed E-state index contributed by atoms with van der Waals surface area (Å²) < 4.78 is 5.61. The number of furan rings is 1. The molecule has 0 amide bonds. The van der Waals surface area contributed by atoms with Crippen LogP contribution >= 0.6 is 0 Å². The first-order valence-corrected chi connectivity index (χ1v) is 5.43. The molecule has 5 N–H and O–H groups in total. The Morgan fingerprint density at radius 1 is 1.24 bits per heavy atom. The number of hydrogen-bond acceptors (Lipinski definition) is 4. The molecule has 0 aliphatic heterocycles. The lowest BCUT2D eigenvalue weighted by Gasteiger charge is -1.96. The van der Waals surface area contributed by atoms with Gasteiger partial charge in [0.25, 0.3) is 0 Å². The SMILES string of the molecule is Nc1cc2cc3oc(NCCO)cc3cc2[nH]1. The van der Waals surface area contributed by atoms with Crippen LogP contribution in [0.15, 0.2) is 28.7 Å². The highest BCUT2D eigenvalue weighted by molar-refractivity contribution is 5.97. The summed E-state index contributed by atoms with van der Waals surface area (Å²) >= 11 is 0. The van der Waals surface area contributed by atoms with E-state index in [2.05, 4.69) is 10.3 Å². The molecule has 5 nitrogen and oxygen atoms in total. The predicted molar refractivity (Wildman–Crippen MR) is 68.1 cm³/mol. The van der Waals surface area contributed by atoms with Gasteiger partial charge in [-0.3, -0.25) is 0 Å². The second kappa shape index (κ2) is 3.71. The zero-order chi connectivity index (χ0) is 11.8. The number of rotatable bonds is 3. The highest BCUT2D eigenvalue weighted by Crippen LogP contribution is 2.28. The van der Waals surface area contributed by atoms with Crippen molar-refractivity contribution in [3.63, 3.8) is 0 Å². The topological polar surface area (TPSA) is 87.2 Å². The number of aliphatic hydroxyl groups excluding tert-OH is 1. The van der Waals surface area contributed by atoms with Crippen LogP contribution in [0, 0.1) is 0 Å². The summed E-state index contributed by atoms with van der Waals surface area (Å²) in [6.07, 6.45) is 0. The minimum absolute atomic E-state index is 0.0778. The second-order valence-electron chi connectivity index (χ2n) is 3.96. The Labute approximate surface area is 97.2 Å². The van der Waals surface area contributed by atoms with Crippen molar-refractivity contribution < 1.29 is 9.52 Å². The van der Waals surface area contributed by atoms with Crippen molar-refractivity contribution in [1.29, 1.82) is 0 Å². The van der Waals surface area contributed by atoms with Gasteiger partial charge in [0.1, 0.15) is 11.4 Å². The molecule has 0 aliphatic rings. The molecular formula is C12H13N3O2. The van der Waals surface area contributed by atoms with Gasteiger partial charge < -0.3 is 25.6 Å². The summed E-state index contributed by atoms with van der Waals surface area (Å²) in [6.45, 7) is 0.555. The summed E-state index contributed by atoms with van der Waals surface area (Å²) in [7, 11) is 0. The van der Waals surface area contributed by atoms with Crippen molar-refractivity contribution in [3.8, 4) is 0 Å². The summed E-state index contributed by atoms with van der Waals surface area (Å²) in [5.74, 6) is 1.31. The molecule has 0 saturated carbocycles. The predicted octanol–water partition coefficient (Wildman–Crippen LogP) is 1.90. The smallest absolute Gasteiger partial charge is 0.194 e. The Balaban J connectivity index is 2.09. The number of nitrogen functional groups attached to an aromatic ring is 1. The molecular weight excluding hydrogens is 218 g/mol. The molecule has 0 radical (unpaired) electrons. The van der Waals surface area contributed by atoms with Crippen molar-refractivity contribution in [3.05, 3.63) is 24.3 Å². The summed E-state index contributed by atoms with van der Waals surface area (Å²) in [4.78, 5) is 3.08. The molecule has 88 valence electrons. The van der Waals surface area contributed by atoms with E-state index in [1.807, 2.05) is 24.3 Å². The van der Waals surface area contributed by atoms with Gasteiger partial charge in [0.15, 0.2) is 5.88 Å². The monoisotopic (exact) mass is 231 g/mol. The average Bonchev–Trinajstić information content (AvgIpc) is 2.83. The number of aromatic amines is 1. The van der Waals surface area contributed by atoms with E-state index in [4.69, 9.17) is 15.3 Å². The van der Waals surface area contributed by atoms with Crippen LogP contribution in [-0.2, 0) is 0 Å². The maximum Gasteiger partial charge on any atom is 0.194 e. The molecule has 1 aromatic carbocycles. The minimum atomic E-state index is 0.0778. The van der Waals surface area contributed by atoms with Crippen LogP contribution in [-0.4, -0.2) is 23.2 Å². The number of benzene rings is 1. The zero-order valence-corrected chi connectivity index (χ0v) is 9.16. The van der Waals surface area contributed by atoms with E-state index in [1.165, 1.54) is 0 Å². The van der Waals surface area contributed by atoms with Gasteiger partial charge in [0.05, 0.1) is 6.61 Å². The lowest BCUT2D eigenvalue weighted by Crippen LogP contribution is -2.03. The molecule has 0 unspecified atom stereocenters. The molecule has 0 fully saturated rings. The van der Waals surface area contributed by atoms with Gasteiger partial charge in [-0.1, -0.05) is 0 Å². The van der Waals surface area contributed by atoms with Crippen LogP contribution in [0.3, 0.4) is 0 Å². The van der Waals surface area contributed by atoms with Crippen molar-refractivity contribution in [1.82, 2.24) is 4.98 Å². The highest BCUT2D eigenvalue weighted by atomic mass is 16.3. The van der Waals surface area contributed by atoms with Crippen molar-refractivity contribution in [2.24, 2.45) is 0 Å². The van der Waals surface area contributed by atoms with Crippen LogP contribution in [0.4, 0.5) is 11.7 Å². The van der Waals surface area contributed by atoms with Gasteiger partial charge in [0, 0.05) is 28.9 Å². The molecule has 2 heterocycles. The standard InChI is InChI=1S/C12H13N3O2/c13-11-5-7-4-10-8(3-9(7)15-11)6-12(17-10)14-1-2-16/h3-6,14-16H,1-2,13H2. The molecule has 3 aromatic rings. The Morgan fingerprint density at radius 2 is 2.12 bits per heavy atom. The van der Waals surface area contributed by atoms with Crippen molar-refractivity contribution >= 4 is 33.6 Å². The van der Waals surface area contributed by atoms with E-state index < -0.39 is 0 Å². The van der Waals surface area contributed by atoms with Crippen LogP contribution in [0.5, 0.6) is 0 Å². The number of aliphatic hydroxyl groups is 1. The fraction of sp³-hybridized carbons (Fsp3) is 0.167. The molecule has 0 bridgehead atoms. The van der Waals surface area contributed by atoms with E-state index in [0.29, 0.717) is 18.2 Å². The molecule has 0 saturated heterocycles. The Hall–Kier alpha value is -2.14. The average molecular weight is 231 g/mol. The van der Waals surface area contributed by atoms with Crippen molar-refractivity contribution in [2.45, 2.75) is 0 Å². The van der Waals surface area contributed by atoms with Gasteiger partial charge in [-0.2, -0.15) is 0 Å². The third-order valence-electron chi connectivity index (χ3n) is 2.69. The van der Waals surface area contributed by atoms with E-state index in [9.17, 15) is 0 Å². The Kier molecular flexibility index (Phi) is 2.19. The number of nitrogens with one attached hydrogen (secondary N) is 2. The first kappa shape index (κ1) is 10.0. The molecule has 0 atom stereocenters. The fourth-order valence-electron chi connectivity index (χ4n) is 1.96. The maximum atomic E-state index is 8.73. The Bertz CT molecular complexity index is 618. The van der Waals surface area contributed by atoms with E-state index in [-0.39, 0.29) is 6.61 Å². The third kappa shape index (κ3) is 1.70. The number of nitrogens with two attached hydrogens (primary N) is 1. The first-order valence-electron chi connectivity index (χ1n) is 5.43. The number of hydrogen-bond donors (Lipinski definition) is 4. The number of anilines is 2. The van der Waals surface area contributed by atoms with E-state index in [1.54, 1.807) is 0 Å². The number of H-pyrrole nitrogens is 1. The zero-order valence-electron chi connectivity index (χ0n) is 9.16. The van der Waals surface area contributed by atoms with Gasteiger partial charge in [-0.25, -0.2) is 0 Å². The van der Waals surface area contributed by atoms with Crippen molar-refractivity contribution in [2.75, 3.05) is 24.2 Å². The van der Waals surface area contributed by atoms with Crippen LogP contribution < -0.4 is 11.1 Å². The van der Waals surface area contributed by atoms with Crippen LogP contribution in [0.1, 0.15) is 0 Å². The lowest BCUT2D eigenvalue weighted by molar-refractivity contribution is 0.310. The summed E-state index contributed by atoms with van der Waals surface area (Å²) in [6, 6.07) is 7.72. The molecule has 0 spiro atoms. The minimum Gasteiger partial charge on any atom is -0.441 e. The van der Waals surface area contributed by atoms with E-state index >= 15 is 0 Å². The van der Waals surface area contributed by atoms with Crippen LogP contribution in [0.25, 0.3) is 21.9 Å². The number of fused-ring (bicyclic) bond motifs is 2. The molecule has 17 heavy (non-hydrogen) atoms. The Morgan fingerprint density at radius 3 is 2.94 bits per heavy atom. The van der Waals surface area contributed by atoms with Gasteiger partial charge in [-0.15, -0.1) is 0 Å². The quantitative estimate of drug-likeness (QED) is 0.554. The van der Waals surface area contributed by atoms with Crippen LogP contribution in [0.2, 0.25) is 0 Å². The summed E-state index contributed by atoms with van der Waals surface area (Å²) in [5, 5.41) is 13.7. The third-order valence-corrected chi connectivity index (χ3v) is 2.69. The van der Waals surface area contributed by atoms with Gasteiger partial charge in [0.2, 0.25) is 0 Å². The normalized spacial score (nSPS) is 11.4. The molecule has 5 heteroatoms. The lowest BCUT2D eigenvalue weighted by atomic mass is 10.2. The molecule has 2 aromatic heterocycles. The van der Waals surface area contributed by atoms with E-state index in [0.717, 1.165) is 21.9 Å². The maximum absolute atomic E-state index is 8.73. The molecule has 0 aliphatic carbocycles. The first-order chi connectivity index (χ1) is 8.26. The highest BCUT2D eigenvalue weighted by Gasteiger charge is 2.06. The van der Waals surface area contributed by atoms with Gasteiger partial charge >= 0.3 is 0 Å². The fourth-order valence-corrected chi connectivity index (χ4v) is 1.96. The molecule has 3 rings (SSSR count). The van der Waals surface area contributed by atoms with Gasteiger partial charge in [-0.05, 0) is 18.2 Å². The number of aromatic nitrogens is 1. The second-order valence-corrected chi connectivity index (χ2v) is 3.96.